The Morgan fingerprint density at radius 2 is 2.06 bits per heavy atom. The van der Waals surface area contributed by atoms with Gasteiger partial charge in [0.2, 0.25) is 5.91 Å². The third-order valence-electron chi connectivity index (χ3n) is 2.73. The number of rotatable bonds is 7. The van der Waals surface area contributed by atoms with Crippen molar-refractivity contribution in [1.82, 2.24) is 10.3 Å². The highest BCUT2D eigenvalue weighted by Crippen LogP contribution is 2.05. The Morgan fingerprint density at radius 1 is 1.39 bits per heavy atom. The third-order valence-corrected chi connectivity index (χ3v) is 2.73. The summed E-state index contributed by atoms with van der Waals surface area (Å²) in [4.78, 5) is 15.7. The highest BCUT2D eigenvalue weighted by atomic mass is 16.3. The molecule has 1 aromatic heterocycles. The maximum Gasteiger partial charge on any atom is 0.220 e. The molecule has 1 aromatic rings. The minimum absolute atomic E-state index is 0.000816. The van der Waals surface area contributed by atoms with E-state index >= 15 is 0 Å². The molecule has 2 N–H and O–H groups in total. The maximum atomic E-state index is 11.7. The predicted octanol–water partition coefficient (Wildman–Crippen LogP) is 1.54. The second-order valence-corrected chi connectivity index (χ2v) is 4.93. The van der Waals surface area contributed by atoms with Crippen molar-refractivity contribution in [3.05, 3.63) is 30.1 Å². The molecule has 1 atom stereocenters. The maximum absolute atomic E-state index is 11.7. The molecule has 1 unspecified atom stereocenters. The molecule has 100 valence electrons. The summed E-state index contributed by atoms with van der Waals surface area (Å²) >= 11 is 0. The summed E-state index contributed by atoms with van der Waals surface area (Å²) in [7, 11) is 0. The second-order valence-electron chi connectivity index (χ2n) is 4.93. The van der Waals surface area contributed by atoms with Gasteiger partial charge in [-0.15, -0.1) is 0 Å². The van der Waals surface area contributed by atoms with E-state index in [2.05, 4.69) is 24.1 Å². The van der Waals surface area contributed by atoms with Gasteiger partial charge in [0, 0.05) is 18.8 Å². The fourth-order valence-electron chi connectivity index (χ4n) is 1.86. The van der Waals surface area contributed by atoms with Gasteiger partial charge >= 0.3 is 0 Å². The quantitative estimate of drug-likeness (QED) is 0.771. The number of aliphatic hydroxyl groups is 1. The van der Waals surface area contributed by atoms with Gasteiger partial charge in [-0.25, -0.2) is 0 Å². The number of aromatic nitrogens is 1. The Labute approximate surface area is 108 Å². The minimum Gasteiger partial charge on any atom is -0.394 e. The van der Waals surface area contributed by atoms with E-state index < -0.39 is 0 Å². The van der Waals surface area contributed by atoms with Crippen molar-refractivity contribution in [3.63, 3.8) is 0 Å². The van der Waals surface area contributed by atoms with E-state index in [9.17, 15) is 9.90 Å². The summed E-state index contributed by atoms with van der Waals surface area (Å²) < 4.78 is 0. The summed E-state index contributed by atoms with van der Waals surface area (Å²) in [5.74, 6) is 0.453. The number of carbonyl (C=O) groups excluding carboxylic acids is 1. The molecule has 0 saturated heterocycles. The van der Waals surface area contributed by atoms with Crippen LogP contribution in [0.1, 0.15) is 32.3 Å². The first-order chi connectivity index (χ1) is 8.61. The summed E-state index contributed by atoms with van der Waals surface area (Å²) in [6.45, 7) is 4.15. The SMILES string of the molecule is CC(C)CC(CO)NC(=O)CCc1ccncc1. The first kappa shape index (κ1) is 14.6. The van der Waals surface area contributed by atoms with Crippen molar-refractivity contribution in [2.45, 2.75) is 39.2 Å². The lowest BCUT2D eigenvalue weighted by Gasteiger charge is -2.18. The summed E-state index contributed by atoms with van der Waals surface area (Å²) in [6.07, 6.45) is 5.40. The van der Waals surface area contributed by atoms with Crippen LogP contribution in [-0.2, 0) is 11.2 Å². The zero-order chi connectivity index (χ0) is 13.4. The number of carbonyl (C=O) groups is 1. The van der Waals surface area contributed by atoms with E-state index in [-0.39, 0.29) is 18.6 Å². The van der Waals surface area contributed by atoms with Crippen LogP contribution in [0.4, 0.5) is 0 Å². The summed E-state index contributed by atoms with van der Waals surface area (Å²) in [6, 6.07) is 3.69. The second kappa shape index (κ2) is 7.82. The van der Waals surface area contributed by atoms with Crippen LogP contribution in [0.15, 0.2) is 24.5 Å². The van der Waals surface area contributed by atoms with Gasteiger partial charge in [-0.2, -0.15) is 0 Å². The largest absolute Gasteiger partial charge is 0.394 e. The van der Waals surface area contributed by atoms with E-state index in [4.69, 9.17) is 0 Å². The topological polar surface area (TPSA) is 62.2 Å². The van der Waals surface area contributed by atoms with E-state index in [1.165, 1.54) is 0 Å². The number of aryl methyl sites for hydroxylation is 1. The lowest BCUT2D eigenvalue weighted by Crippen LogP contribution is -2.38. The Morgan fingerprint density at radius 3 is 2.61 bits per heavy atom. The third kappa shape index (κ3) is 5.77. The molecule has 0 saturated carbocycles. The molecule has 18 heavy (non-hydrogen) atoms. The number of pyridine rings is 1. The number of aliphatic hydroxyl groups excluding tert-OH is 1. The lowest BCUT2D eigenvalue weighted by atomic mass is 10.0. The number of amides is 1. The fourth-order valence-corrected chi connectivity index (χ4v) is 1.86. The number of nitrogens with zero attached hydrogens (tertiary/aromatic N) is 1. The first-order valence-electron chi connectivity index (χ1n) is 6.41. The highest BCUT2D eigenvalue weighted by Gasteiger charge is 2.12. The fraction of sp³-hybridized carbons (Fsp3) is 0.571. The van der Waals surface area contributed by atoms with Gasteiger partial charge in [0.05, 0.1) is 12.6 Å². The smallest absolute Gasteiger partial charge is 0.220 e. The van der Waals surface area contributed by atoms with E-state index in [1.54, 1.807) is 12.4 Å². The van der Waals surface area contributed by atoms with Crippen molar-refractivity contribution in [1.29, 1.82) is 0 Å². The molecule has 0 aliphatic carbocycles. The predicted molar refractivity (Wildman–Crippen MR) is 71.0 cm³/mol. The molecule has 0 aliphatic heterocycles. The van der Waals surface area contributed by atoms with Crippen molar-refractivity contribution in [2.75, 3.05) is 6.61 Å². The molecule has 0 spiro atoms. The summed E-state index contributed by atoms with van der Waals surface area (Å²) in [5, 5.41) is 12.0. The molecule has 0 aliphatic rings. The molecule has 0 fully saturated rings. The minimum atomic E-state index is -0.130. The van der Waals surface area contributed by atoms with Crippen LogP contribution in [0.25, 0.3) is 0 Å². The Bertz CT molecular complexity index is 352. The van der Waals surface area contributed by atoms with E-state index in [0.29, 0.717) is 18.8 Å². The molecule has 0 bridgehead atoms. The molecule has 1 rings (SSSR count). The lowest BCUT2D eigenvalue weighted by molar-refractivity contribution is -0.122. The van der Waals surface area contributed by atoms with Crippen molar-refractivity contribution in [2.24, 2.45) is 5.92 Å². The van der Waals surface area contributed by atoms with Crippen molar-refractivity contribution >= 4 is 5.91 Å². The molecule has 0 aromatic carbocycles. The average molecular weight is 250 g/mol. The Hall–Kier alpha value is -1.42. The average Bonchev–Trinajstić information content (AvgIpc) is 2.36. The van der Waals surface area contributed by atoms with Crippen LogP contribution in [0.3, 0.4) is 0 Å². The standard InChI is InChI=1S/C14H22N2O2/c1-11(2)9-13(10-17)16-14(18)4-3-12-5-7-15-8-6-12/h5-8,11,13,17H,3-4,9-10H2,1-2H3,(H,16,18). The zero-order valence-corrected chi connectivity index (χ0v) is 11.1. The molecule has 4 nitrogen and oxygen atoms in total. The molecular formula is C14H22N2O2. The van der Waals surface area contributed by atoms with Gasteiger partial charge < -0.3 is 10.4 Å². The summed E-state index contributed by atoms with van der Waals surface area (Å²) in [5.41, 5.74) is 1.10. The molecule has 4 heteroatoms. The van der Waals surface area contributed by atoms with Crippen LogP contribution in [0, 0.1) is 5.92 Å². The van der Waals surface area contributed by atoms with Gasteiger partial charge in [-0.1, -0.05) is 13.8 Å². The van der Waals surface area contributed by atoms with E-state index in [1.807, 2.05) is 12.1 Å². The van der Waals surface area contributed by atoms with Gasteiger partial charge in [-0.3, -0.25) is 9.78 Å². The monoisotopic (exact) mass is 250 g/mol. The first-order valence-corrected chi connectivity index (χ1v) is 6.41. The van der Waals surface area contributed by atoms with Crippen LogP contribution in [0.2, 0.25) is 0 Å². The van der Waals surface area contributed by atoms with Crippen molar-refractivity contribution in [3.8, 4) is 0 Å². The highest BCUT2D eigenvalue weighted by molar-refractivity contribution is 5.76. The zero-order valence-electron chi connectivity index (χ0n) is 11.1. The van der Waals surface area contributed by atoms with Crippen LogP contribution in [0.5, 0.6) is 0 Å². The van der Waals surface area contributed by atoms with Gasteiger partial charge in [0.25, 0.3) is 0 Å². The Balaban J connectivity index is 2.32. The normalized spacial score (nSPS) is 12.4. The van der Waals surface area contributed by atoms with E-state index in [0.717, 1.165) is 12.0 Å². The van der Waals surface area contributed by atoms with Gasteiger partial charge in [0.1, 0.15) is 0 Å². The molecular weight excluding hydrogens is 228 g/mol. The molecule has 0 radical (unpaired) electrons. The number of hydrogen-bond acceptors (Lipinski definition) is 3. The molecule has 1 amide bonds. The Kier molecular flexibility index (Phi) is 6.36. The van der Waals surface area contributed by atoms with Gasteiger partial charge in [0.15, 0.2) is 0 Å². The van der Waals surface area contributed by atoms with Gasteiger partial charge in [-0.05, 0) is 36.5 Å². The van der Waals surface area contributed by atoms with Crippen LogP contribution < -0.4 is 5.32 Å². The number of nitrogens with one attached hydrogen (secondary N) is 1. The molecule has 1 heterocycles. The van der Waals surface area contributed by atoms with Crippen molar-refractivity contribution < 1.29 is 9.90 Å². The van der Waals surface area contributed by atoms with Crippen LogP contribution in [-0.4, -0.2) is 28.6 Å². The van der Waals surface area contributed by atoms with Crippen LogP contribution >= 0.6 is 0 Å². The number of hydrogen-bond donors (Lipinski definition) is 2.